The van der Waals surface area contributed by atoms with E-state index in [1.54, 1.807) is 17.1 Å². The van der Waals surface area contributed by atoms with Crippen LogP contribution in [0.1, 0.15) is 6.92 Å². The van der Waals surface area contributed by atoms with E-state index in [4.69, 9.17) is 5.11 Å². The molecule has 1 heterocycles. The Bertz CT molecular complexity index is 310. The minimum Gasteiger partial charge on any atom is -0.479 e. The average Bonchev–Trinajstić information content (AvgIpc) is 2.64. The topological polar surface area (TPSA) is 100 Å². The van der Waals surface area contributed by atoms with Crippen molar-refractivity contribution in [3.63, 3.8) is 0 Å². The maximum Gasteiger partial charge on any atom is 0.336 e. The van der Waals surface area contributed by atoms with E-state index in [9.17, 15) is 9.90 Å². The summed E-state index contributed by atoms with van der Waals surface area (Å²) in [7, 11) is 0. The van der Waals surface area contributed by atoms with Gasteiger partial charge in [-0.3, -0.25) is 4.68 Å². The van der Waals surface area contributed by atoms with Gasteiger partial charge in [0.1, 0.15) is 0 Å². The summed E-state index contributed by atoms with van der Waals surface area (Å²) in [5, 5.41) is 28.1. The SMILES string of the molecule is CC(O)(CNCCn1ccnn1)C(=O)O. The highest BCUT2D eigenvalue weighted by Gasteiger charge is 2.28. The van der Waals surface area contributed by atoms with Gasteiger partial charge < -0.3 is 15.5 Å². The van der Waals surface area contributed by atoms with Crippen molar-refractivity contribution in [3.8, 4) is 0 Å². The highest BCUT2D eigenvalue weighted by atomic mass is 16.4. The maximum absolute atomic E-state index is 10.5. The minimum absolute atomic E-state index is 0.00295. The van der Waals surface area contributed by atoms with Gasteiger partial charge in [0.2, 0.25) is 0 Å². The molecule has 0 aliphatic heterocycles. The van der Waals surface area contributed by atoms with Crippen molar-refractivity contribution in [2.75, 3.05) is 13.1 Å². The zero-order valence-electron chi connectivity index (χ0n) is 8.42. The highest BCUT2D eigenvalue weighted by molar-refractivity contribution is 5.76. The highest BCUT2D eigenvalue weighted by Crippen LogP contribution is 2.00. The molecule has 1 rings (SSSR count). The number of rotatable bonds is 6. The lowest BCUT2D eigenvalue weighted by atomic mass is 10.1. The van der Waals surface area contributed by atoms with Crippen LogP contribution in [0.15, 0.2) is 12.4 Å². The largest absolute Gasteiger partial charge is 0.479 e. The summed E-state index contributed by atoms with van der Waals surface area (Å²) < 4.78 is 1.61. The van der Waals surface area contributed by atoms with Crippen molar-refractivity contribution in [2.45, 2.75) is 19.1 Å². The maximum atomic E-state index is 10.5. The Hall–Kier alpha value is -1.47. The van der Waals surface area contributed by atoms with Gasteiger partial charge in [0.15, 0.2) is 5.60 Å². The molecule has 15 heavy (non-hydrogen) atoms. The van der Waals surface area contributed by atoms with Crippen LogP contribution in [0, 0.1) is 0 Å². The number of aromatic nitrogens is 3. The fraction of sp³-hybridized carbons (Fsp3) is 0.625. The third-order valence-electron chi connectivity index (χ3n) is 1.92. The molecule has 0 bridgehead atoms. The second-order valence-corrected chi connectivity index (χ2v) is 3.42. The van der Waals surface area contributed by atoms with Crippen molar-refractivity contribution < 1.29 is 15.0 Å². The van der Waals surface area contributed by atoms with E-state index >= 15 is 0 Å². The van der Waals surface area contributed by atoms with Gasteiger partial charge in [-0.1, -0.05) is 5.21 Å². The predicted octanol–water partition coefficient (Wildman–Crippen LogP) is -1.30. The molecule has 0 aromatic carbocycles. The zero-order valence-corrected chi connectivity index (χ0v) is 8.42. The Morgan fingerprint density at radius 2 is 2.40 bits per heavy atom. The Labute approximate surface area is 86.7 Å². The Kier molecular flexibility index (Phi) is 3.75. The van der Waals surface area contributed by atoms with Crippen LogP contribution >= 0.6 is 0 Å². The summed E-state index contributed by atoms with van der Waals surface area (Å²) in [6.45, 7) is 2.34. The third kappa shape index (κ3) is 3.64. The first-order valence-electron chi connectivity index (χ1n) is 4.53. The van der Waals surface area contributed by atoms with Crippen molar-refractivity contribution >= 4 is 5.97 Å². The normalized spacial score (nSPS) is 14.8. The number of hydrogen-bond acceptors (Lipinski definition) is 5. The van der Waals surface area contributed by atoms with E-state index in [1.807, 2.05) is 0 Å². The van der Waals surface area contributed by atoms with Crippen LogP contribution in [-0.2, 0) is 11.3 Å². The first kappa shape index (κ1) is 11.6. The molecule has 0 aliphatic rings. The minimum atomic E-state index is -1.73. The predicted molar refractivity (Wildman–Crippen MR) is 51.2 cm³/mol. The fourth-order valence-corrected chi connectivity index (χ4v) is 0.953. The Morgan fingerprint density at radius 1 is 1.67 bits per heavy atom. The summed E-state index contributed by atoms with van der Waals surface area (Å²) >= 11 is 0. The Morgan fingerprint density at radius 3 is 2.93 bits per heavy atom. The number of aliphatic carboxylic acids is 1. The van der Waals surface area contributed by atoms with Gasteiger partial charge in [-0.25, -0.2) is 4.79 Å². The molecule has 7 nitrogen and oxygen atoms in total. The molecule has 0 fully saturated rings. The molecule has 0 aliphatic carbocycles. The summed E-state index contributed by atoms with van der Waals surface area (Å²) in [6, 6.07) is 0. The van der Waals surface area contributed by atoms with Gasteiger partial charge in [0.05, 0.1) is 12.7 Å². The first-order valence-corrected chi connectivity index (χ1v) is 4.53. The molecule has 84 valence electrons. The molecule has 1 atom stereocenters. The number of nitrogens with one attached hydrogen (secondary N) is 1. The van der Waals surface area contributed by atoms with Crippen LogP contribution in [0.2, 0.25) is 0 Å². The molecule has 3 N–H and O–H groups in total. The van der Waals surface area contributed by atoms with Gasteiger partial charge in [0.25, 0.3) is 0 Å². The smallest absolute Gasteiger partial charge is 0.336 e. The van der Waals surface area contributed by atoms with Crippen molar-refractivity contribution in [2.24, 2.45) is 0 Å². The molecular formula is C8H14N4O3. The summed E-state index contributed by atoms with van der Waals surface area (Å²) in [4.78, 5) is 10.5. The monoisotopic (exact) mass is 214 g/mol. The molecule has 7 heteroatoms. The van der Waals surface area contributed by atoms with E-state index in [0.29, 0.717) is 13.1 Å². The molecule has 1 unspecified atom stereocenters. The average molecular weight is 214 g/mol. The van der Waals surface area contributed by atoms with Crippen molar-refractivity contribution in [1.29, 1.82) is 0 Å². The second-order valence-electron chi connectivity index (χ2n) is 3.42. The number of hydrogen-bond donors (Lipinski definition) is 3. The van der Waals surface area contributed by atoms with E-state index in [0.717, 1.165) is 0 Å². The number of carboxylic acids is 1. The summed E-state index contributed by atoms with van der Waals surface area (Å²) in [5.74, 6) is -1.24. The molecule has 0 radical (unpaired) electrons. The first-order chi connectivity index (χ1) is 7.02. The molecule has 1 aromatic rings. The lowest BCUT2D eigenvalue weighted by Crippen LogP contribution is -2.45. The molecule has 0 saturated heterocycles. The van der Waals surface area contributed by atoms with Crippen molar-refractivity contribution in [3.05, 3.63) is 12.4 Å². The van der Waals surface area contributed by atoms with Crippen LogP contribution < -0.4 is 5.32 Å². The number of aliphatic hydroxyl groups is 1. The van der Waals surface area contributed by atoms with Crippen LogP contribution in [0.3, 0.4) is 0 Å². The second kappa shape index (κ2) is 4.85. The van der Waals surface area contributed by atoms with Crippen LogP contribution in [0.25, 0.3) is 0 Å². The van der Waals surface area contributed by atoms with E-state index in [-0.39, 0.29) is 6.54 Å². The van der Waals surface area contributed by atoms with E-state index in [2.05, 4.69) is 15.6 Å². The molecule has 1 aromatic heterocycles. The zero-order chi connectivity index (χ0) is 11.3. The lowest BCUT2D eigenvalue weighted by molar-refractivity contribution is -0.156. The van der Waals surface area contributed by atoms with E-state index in [1.165, 1.54) is 6.92 Å². The standard InChI is InChI=1S/C8H14N4O3/c1-8(15,7(13)14)6-9-2-4-12-5-3-10-11-12/h3,5,9,15H,2,4,6H2,1H3,(H,13,14). The van der Waals surface area contributed by atoms with Gasteiger partial charge in [-0.2, -0.15) is 0 Å². The molecular weight excluding hydrogens is 200 g/mol. The van der Waals surface area contributed by atoms with Gasteiger partial charge >= 0.3 is 5.97 Å². The van der Waals surface area contributed by atoms with Crippen LogP contribution in [-0.4, -0.2) is 49.9 Å². The van der Waals surface area contributed by atoms with Gasteiger partial charge in [0, 0.05) is 19.3 Å². The lowest BCUT2D eigenvalue weighted by Gasteiger charge is -2.18. The fourth-order valence-electron chi connectivity index (χ4n) is 0.953. The summed E-state index contributed by atoms with van der Waals surface area (Å²) in [6.07, 6.45) is 3.27. The summed E-state index contributed by atoms with van der Waals surface area (Å²) in [5.41, 5.74) is -1.73. The van der Waals surface area contributed by atoms with Gasteiger partial charge in [-0.15, -0.1) is 5.10 Å². The molecule has 0 saturated carbocycles. The molecule has 0 amide bonds. The molecule has 0 spiro atoms. The number of nitrogens with zero attached hydrogens (tertiary/aromatic N) is 3. The van der Waals surface area contributed by atoms with E-state index < -0.39 is 11.6 Å². The van der Waals surface area contributed by atoms with Gasteiger partial charge in [-0.05, 0) is 6.92 Å². The quantitative estimate of drug-likeness (QED) is 0.509. The number of carbonyl (C=O) groups is 1. The Balaban J connectivity index is 2.19. The third-order valence-corrected chi connectivity index (χ3v) is 1.92. The van der Waals surface area contributed by atoms with Crippen LogP contribution in [0.4, 0.5) is 0 Å². The number of carboxylic acid groups (broad SMARTS) is 1. The van der Waals surface area contributed by atoms with Crippen molar-refractivity contribution in [1.82, 2.24) is 20.3 Å². The van der Waals surface area contributed by atoms with Crippen LogP contribution in [0.5, 0.6) is 0 Å².